The smallest absolute Gasteiger partial charge is 0.318 e. The zero-order valence-electron chi connectivity index (χ0n) is 14.7. The predicted octanol–water partition coefficient (Wildman–Crippen LogP) is 3.48. The summed E-state index contributed by atoms with van der Waals surface area (Å²) in [5.41, 5.74) is 1.52. The highest BCUT2D eigenvalue weighted by atomic mass is 16.5. The van der Waals surface area contributed by atoms with E-state index in [1.165, 1.54) is 0 Å². The number of hydrogen-bond acceptors (Lipinski definition) is 4. The van der Waals surface area contributed by atoms with Crippen LogP contribution >= 0.6 is 0 Å². The van der Waals surface area contributed by atoms with Crippen LogP contribution in [0.4, 0.5) is 0 Å². The molecule has 1 fully saturated rings. The maximum Gasteiger partial charge on any atom is 0.318 e. The van der Waals surface area contributed by atoms with Gasteiger partial charge in [0.2, 0.25) is 0 Å². The molecule has 5 heteroatoms. The summed E-state index contributed by atoms with van der Waals surface area (Å²) < 4.78 is 11.5. The summed E-state index contributed by atoms with van der Waals surface area (Å²) >= 11 is 0. The van der Waals surface area contributed by atoms with Gasteiger partial charge in [-0.1, -0.05) is 36.4 Å². The van der Waals surface area contributed by atoms with Gasteiger partial charge >= 0.3 is 5.97 Å². The molecule has 1 atom stereocenters. The van der Waals surface area contributed by atoms with Crippen LogP contribution in [0.5, 0.6) is 11.5 Å². The second-order valence-corrected chi connectivity index (χ2v) is 6.72. The van der Waals surface area contributed by atoms with E-state index in [1.807, 2.05) is 48.5 Å². The summed E-state index contributed by atoms with van der Waals surface area (Å²) in [7, 11) is 0. The fraction of sp³-hybridized carbons (Fsp3) is 0.333. The number of nitrogens with zero attached hydrogens (tertiary/aromatic N) is 1. The van der Waals surface area contributed by atoms with Gasteiger partial charge in [-0.15, -0.1) is 0 Å². The number of para-hydroxylation sites is 2. The second-order valence-electron chi connectivity index (χ2n) is 6.72. The molecular formula is C21H21NO4. The molecule has 26 heavy (non-hydrogen) atoms. The molecule has 134 valence electrons. The van der Waals surface area contributed by atoms with Crippen LogP contribution in [0.15, 0.2) is 48.5 Å². The number of carbonyl (C=O) groups excluding carboxylic acids is 2. The maximum atomic E-state index is 13.0. The Morgan fingerprint density at radius 2 is 1.54 bits per heavy atom. The van der Waals surface area contributed by atoms with E-state index in [1.54, 1.807) is 11.8 Å². The van der Waals surface area contributed by atoms with Gasteiger partial charge in [-0.2, -0.15) is 0 Å². The van der Waals surface area contributed by atoms with Crippen molar-refractivity contribution in [3.63, 3.8) is 0 Å². The molecule has 1 amide bonds. The lowest BCUT2D eigenvalue weighted by atomic mass is 9.88. The number of rotatable bonds is 3. The molecule has 5 nitrogen and oxygen atoms in total. The molecular weight excluding hydrogens is 330 g/mol. The van der Waals surface area contributed by atoms with Crippen molar-refractivity contribution in [2.45, 2.75) is 31.8 Å². The number of hydrogen-bond donors (Lipinski definition) is 0. The minimum atomic E-state index is -0.789. The summed E-state index contributed by atoms with van der Waals surface area (Å²) in [5, 5.41) is 0. The van der Waals surface area contributed by atoms with Crippen molar-refractivity contribution >= 4 is 11.9 Å². The Labute approximate surface area is 152 Å². The first-order chi connectivity index (χ1) is 12.6. The van der Waals surface area contributed by atoms with Crippen LogP contribution in [0.2, 0.25) is 0 Å². The monoisotopic (exact) mass is 351 g/mol. The lowest BCUT2D eigenvalue weighted by Gasteiger charge is -2.28. The van der Waals surface area contributed by atoms with Gasteiger partial charge in [-0.05, 0) is 31.9 Å². The van der Waals surface area contributed by atoms with Gasteiger partial charge in [0.05, 0.1) is 0 Å². The molecule has 0 radical (unpaired) electrons. The van der Waals surface area contributed by atoms with Crippen molar-refractivity contribution in [1.82, 2.24) is 4.90 Å². The van der Waals surface area contributed by atoms with Gasteiger partial charge in [-0.3, -0.25) is 9.59 Å². The van der Waals surface area contributed by atoms with Gasteiger partial charge in [0.15, 0.2) is 6.10 Å². The fourth-order valence-electron chi connectivity index (χ4n) is 3.65. The summed E-state index contributed by atoms with van der Waals surface area (Å²) in [6, 6.07) is 14.9. The lowest BCUT2D eigenvalue weighted by molar-refractivity contribution is -0.159. The van der Waals surface area contributed by atoms with Crippen LogP contribution in [0, 0.1) is 0 Å². The number of carbonyl (C=O) groups is 2. The third-order valence-electron chi connectivity index (χ3n) is 4.97. The van der Waals surface area contributed by atoms with E-state index in [2.05, 4.69) is 0 Å². The Morgan fingerprint density at radius 1 is 1.00 bits per heavy atom. The van der Waals surface area contributed by atoms with Crippen LogP contribution in [-0.2, 0) is 14.3 Å². The average Bonchev–Trinajstić information content (AvgIpc) is 3.19. The third-order valence-corrected chi connectivity index (χ3v) is 4.97. The molecule has 1 saturated heterocycles. The Kier molecular flexibility index (Phi) is 4.37. The quantitative estimate of drug-likeness (QED) is 0.795. The van der Waals surface area contributed by atoms with Crippen LogP contribution in [0.3, 0.4) is 0 Å². The molecule has 2 heterocycles. The molecule has 0 N–H and O–H groups in total. The topological polar surface area (TPSA) is 55.8 Å². The fourth-order valence-corrected chi connectivity index (χ4v) is 3.65. The molecule has 0 aliphatic carbocycles. The normalized spacial score (nSPS) is 17.0. The van der Waals surface area contributed by atoms with Crippen LogP contribution in [-0.4, -0.2) is 36.0 Å². The summed E-state index contributed by atoms with van der Waals surface area (Å²) in [6.45, 7) is 3.13. The summed E-state index contributed by atoms with van der Waals surface area (Å²) in [6.07, 6.45) is 1.23. The Balaban J connectivity index is 1.60. The van der Waals surface area contributed by atoms with E-state index >= 15 is 0 Å². The van der Waals surface area contributed by atoms with Crippen molar-refractivity contribution in [3.05, 3.63) is 59.7 Å². The minimum Gasteiger partial charge on any atom is -0.457 e. The van der Waals surface area contributed by atoms with Crippen molar-refractivity contribution < 1.29 is 19.1 Å². The lowest BCUT2D eigenvalue weighted by Crippen LogP contribution is -2.39. The van der Waals surface area contributed by atoms with E-state index in [4.69, 9.17) is 9.47 Å². The highest BCUT2D eigenvalue weighted by Crippen LogP contribution is 2.44. The van der Waals surface area contributed by atoms with Gasteiger partial charge in [0, 0.05) is 24.2 Å². The number of esters is 1. The number of ether oxygens (including phenoxy) is 2. The van der Waals surface area contributed by atoms with Gasteiger partial charge in [-0.25, -0.2) is 0 Å². The molecule has 2 aromatic carbocycles. The predicted molar refractivity (Wildman–Crippen MR) is 96.2 cm³/mol. The highest BCUT2D eigenvalue weighted by Gasteiger charge is 2.36. The van der Waals surface area contributed by atoms with Crippen molar-refractivity contribution in [2.24, 2.45) is 0 Å². The first-order valence-electron chi connectivity index (χ1n) is 9.00. The van der Waals surface area contributed by atoms with Crippen LogP contribution in [0.1, 0.15) is 36.8 Å². The molecule has 2 aromatic rings. The Bertz CT molecular complexity index is 796. The number of amides is 1. The van der Waals surface area contributed by atoms with Gasteiger partial charge in [0.25, 0.3) is 5.91 Å². The van der Waals surface area contributed by atoms with Gasteiger partial charge < -0.3 is 14.4 Å². The van der Waals surface area contributed by atoms with E-state index in [0.717, 1.165) is 37.1 Å². The molecule has 2 aliphatic heterocycles. The van der Waals surface area contributed by atoms with E-state index in [0.29, 0.717) is 11.5 Å². The first kappa shape index (κ1) is 16.6. The largest absolute Gasteiger partial charge is 0.457 e. The molecule has 0 aromatic heterocycles. The van der Waals surface area contributed by atoms with Crippen LogP contribution in [0.25, 0.3) is 0 Å². The van der Waals surface area contributed by atoms with Crippen molar-refractivity contribution in [1.29, 1.82) is 0 Å². The molecule has 0 saturated carbocycles. The third kappa shape index (κ3) is 2.94. The van der Waals surface area contributed by atoms with E-state index in [-0.39, 0.29) is 5.91 Å². The number of benzene rings is 2. The maximum absolute atomic E-state index is 13.0. The standard InChI is InChI=1S/C21H21NO4/c1-14(20(23)22-12-6-7-13-22)25-21(24)19-15-8-2-4-10-17(15)26-18-11-5-3-9-16(18)19/h2-5,8-11,14,19H,6-7,12-13H2,1H3/t14-/m1/s1. The van der Waals surface area contributed by atoms with Crippen molar-refractivity contribution in [3.8, 4) is 11.5 Å². The zero-order chi connectivity index (χ0) is 18.1. The summed E-state index contributed by atoms with van der Waals surface area (Å²) in [5.74, 6) is 0.154. The molecule has 2 aliphatic rings. The zero-order valence-corrected chi connectivity index (χ0v) is 14.7. The number of fused-ring (bicyclic) bond motifs is 2. The molecule has 0 spiro atoms. The van der Waals surface area contributed by atoms with Crippen LogP contribution < -0.4 is 4.74 Å². The average molecular weight is 351 g/mol. The Hall–Kier alpha value is -2.82. The Morgan fingerprint density at radius 3 is 2.12 bits per heavy atom. The summed E-state index contributed by atoms with van der Waals surface area (Å²) in [4.78, 5) is 27.3. The number of likely N-dealkylation sites (tertiary alicyclic amines) is 1. The van der Waals surface area contributed by atoms with E-state index < -0.39 is 18.0 Å². The molecule has 4 rings (SSSR count). The molecule has 0 unspecified atom stereocenters. The van der Waals surface area contributed by atoms with Gasteiger partial charge in [0.1, 0.15) is 17.4 Å². The first-order valence-corrected chi connectivity index (χ1v) is 9.00. The highest BCUT2D eigenvalue weighted by molar-refractivity contribution is 5.89. The SMILES string of the molecule is C[C@@H](OC(=O)C1c2ccccc2Oc2ccccc21)C(=O)N1CCCC1. The second kappa shape index (κ2) is 6.83. The van der Waals surface area contributed by atoms with E-state index in [9.17, 15) is 9.59 Å². The van der Waals surface area contributed by atoms with Crippen molar-refractivity contribution in [2.75, 3.05) is 13.1 Å². The molecule has 0 bridgehead atoms. The minimum absolute atomic E-state index is 0.121.